The third-order valence-electron chi connectivity index (χ3n) is 3.05. The lowest BCUT2D eigenvalue weighted by Gasteiger charge is -2.35. The van der Waals surface area contributed by atoms with Crippen LogP contribution in [-0.4, -0.2) is 45.7 Å². The van der Waals surface area contributed by atoms with E-state index in [-0.39, 0.29) is 24.3 Å². The zero-order chi connectivity index (χ0) is 16.0. The van der Waals surface area contributed by atoms with Gasteiger partial charge in [0, 0.05) is 31.1 Å². The van der Waals surface area contributed by atoms with Crippen molar-refractivity contribution in [2.45, 2.75) is 46.1 Å². The van der Waals surface area contributed by atoms with Crippen molar-refractivity contribution in [1.82, 2.24) is 10.1 Å². The normalized spacial score (nSPS) is 11.7. The Balaban J connectivity index is 2.48. The number of carbonyl (C=O) groups excluding carboxylic acids is 1. The minimum atomic E-state index is -0.841. The molecule has 1 aromatic heterocycles. The molecular formula is C14H23N3O4. The molecule has 0 atom stereocenters. The van der Waals surface area contributed by atoms with E-state index in [0.29, 0.717) is 24.7 Å². The number of hydrogen-bond donors (Lipinski definition) is 2. The average Bonchev–Trinajstić information content (AvgIpc) is 2.72. The van der Waals surface area contributed by atoms with Crippen LogP contribution in [0.2, 0.25) is 0 Å². The van der Waals surface area contributed by atoms with Gasteiger partial charge in [-0.15, -0.1) is 0 Å². The number of carboxylic acid groups (broad SMARTS) is 1. The molecule has 118 valence electrons. The fourth-order valence-corrected chi connectivity index (χ4v) is 1.88. The summed E-state index contributed by atoms with van der Waals surface area (Å²) in [6.45, 7) is 8.62. The van der Waals surface area contributed by atoms with Crippen LogP contribution in [0.1, 0.15) is 39.4 Å². The van der Waals surface area contributed by atoms with Crippen LogP contribution in [0, 0.1) is 6.92 Å². The van der Waals surface area contributed by atoms with Gasteiger partial charge >= 0.3 is 5.97 Å². The first-order chi connectivity index (χ1) is 9.68. The van der Waals surface area contributed by atoms with E-state index in [1.165, 1.54) is 0 Å². The van der Waals surface area contributed by atoms with Crippen molar-refractivity contribution in [3.63, 3.8) is 0 Å². The molecule has 21 heavy (non-hydrogen) atoms. The van der Waals surface area contributed by atoms with Gasteiger partial charge in [0.25, 0.3) is 0 Å². The zero-order valence-corrected chi connectivity index (χ0v) is 13.0. The highest BCUT2D eigenvalue weighted by molar-refractivity contribution is 5.89. The lowest BCUT2D eigenvalue weighted by atomic mass is 10.1. The number of aromatic nitrogens is 1. The summed E-state index contributed by atoms with van der Waals surface area (Å²) in [5.41, 5.74) is -0.194. The third kappa shape index (κ3) is 6.40. The number of aliphatic carboxylic acids is 1. The van der Waals surface area contributed by atoms with E-state index in [2.05, 4.69) is 10.5 Å². The molecule has 0 aromatic carbocycles. The van der Waals surface area contributed by atoms with E-state index < -0.39 is 5.97 Å². The Morgan fingerprint density at radius 3 is 2.43 bits per heavy atom. The summed E-state index contributed by atoms with van der Waals surface area (Å²) in [5.74, 6) is 0.00747. The molecule has 1 heterocycles. The third-order valence-corrected chi connectivity index (χ3v) is 3.05. The van der Waals surface area contributed by atoms with Crippen LogP contribution >= 0.6 is 0 Å². The predicted molar refractivity (Wildman–Crippen MR) is 78.1 cm³/mol. The highest BCUT2D eigenvalue weighted by Crippen LogP contribution is 2.15. The second kappa shape index (κ2) is 7.21. The lowest BCUT2D eigenvalue weighted by molar-refractivity contribution is -0.137. The topological polar surface area (TPSA) is 95.7 Å². The smallest absolute Gasteiger partial charge is 0.304 e. The van der Waals surface area contributed by atoms with Crippen LogP contribution in [0.25, 0.3) is 0 Å². The van der Waals surface area contributed by atoms with Crippen LogP contribution in [0.5, 0.6) is 0 Å². The molecule has 2 N–H and O–H groups in total. The Morgan fingerprint density at radius 1 is 1.33 bits per heavy atom. The highest BCUT2D eigenvalue weighted by atomic mass is 16.5. The van der Waals surface area contributed by atoms with Gasteiger partial charge in [-0.2, -0.15) is 0 Å². The van der Waals surface area contributed by atoms with Gasteiger partial charge in [0.15, 0.2) is 5.82 Å². The van der Waals surface area contributed by atoms with E-state index in [0.717, 1.165) is 0 Å². The van der Waals surface area contributed by atoms with Crippen molar-refractivity contribution in [3.05, 3.63) is 11.8 Å². The molecule has 0 saturated carbocycles. The molecule has 0 aliphatic rings. The number of amides is 1. The van der Waals surface area contributed by atoms with Crippen molar-refractivity contribution in [1.29, 1.82) is 0 Å². The maximum Gasteiger partial charge on any atom is 0.304 e. The summed E-state index contributed by atoms with van der Waals surface area (Å²) in [6, 6.07) is 1.64. The van der Waals surface area contributed by atoms with Gasteiger partial charge < -0.3 is 14.9 Å². The Labute approximate surface area is 124 Å². The van der Waals surface area contributed by atoms with Crippen molar-refractivity contribution >= 4 is 17.7 Å². The zero-order valence-electron chi connectivity index (χ0n) is 13.0. The summed E-state index contributed by atoms with van der Waals surface area (Å²) in [7, 11) is 0. The lowest BCUT2D eigenvalue weighted by Crippen LogP contribution is -2.44. The van der Waals surface area contributed by atoms with E-state index in [9.17, 15) is 9.59 Å². The number of hydrogen-bond acceptors (Lipinski definition) is 5. The summed E-state index contributed by atoms with van der Waals surface area (Å²) >= 11 is 0. The number of carboxylic acids is 1. The fourth-order valence-electron chi connectivity index (χ4n) is 1.88. The molecule has 0 aliphatic heterocycles. The van der Waals surface area contributed by atoms with Crippen molar-refractivity contribution < 1.29 is 19.2 Å². The van der Waals surface area contributed by atoms with Gasteiger partial charge in [0.1, 0.15) is 5.76 Å². The van der Waals surface area contributed by atoms with E-state index >= 15 is 0 Å². The first kappa shape index (κ1) is 17.2. The summed E-state index contributed by atoms with van der Waals surface area (Å²) in [6.07, 6.45) is 0.324. The largest absolute Gasteiger partial charge is 0.481 e. The van der Waals surface area contributed by atoms with Gasteiger partial charge in [0.05, 0.1) is 6.42 Å². The molecule has 7 nitrogen and oxygen atoms in total. The van der Waals surface area contributed by atoms with Gasteiger partial charge in [-0.05, 0) is 27.7 Å². The summed E-state index contributed by atoms with van der Waals surface area (Å²) in [4.78, 5) is 24.5. The van der Waals surface area contributed by atoms with Crippen LogP contribution < -0.4 is 5.32 Å². The molecule has 0 bridgehead atoms. The Kier molecular flexibility index (Phi) is 5.90. The number of rotatable bonds is 7. The minimum absolute atomic E-state index is 0.0569. The first-order valence-corrected chi connectivity index (χ1v) is 6.88. The van der Waals surface area contributed by atoms with Gasteiger partial charge in [-0.1, -0.05) is 5.16 Å². The highest BCUT2D eigenvalue weighted by Gasteiger charge is 2.22. The number of nitrogens with zero attached hydrogens (tertiary/aromatic N) is 2. The Morgan fingerprint density at radius 2 is 1.95 bits per heavy atom. The second-order valence-electron chi connectivity index (χ2n) is 5.92. The standard InChI is InChI=1S/C14H23N3O4/c1-10-9-11(16-21-10)15-12(18)5-7-17(14(2,3)4)8-6-13(19)20/h9H,5-8H2,1-4H3,(H,19,20)(H,15,16,18). The molecule has 7 heteroatoms. The molecule has 0 saturated heterocycles. The number of carbonyl (C=O) groups is 2. The van der Waals surface area contributed by atoms with Crippen LogP contribution in [0.15, 0.2) is 10.6 Å². The Bertz CT molecular complexity index is 491. The minimum Gasteiger partial charge on any atom is -0.481 e. The molecule has 0 unspecified atom stereocenters. The van der Waals surface area contributed by atoms with Crippen LogP contribution in [0.3, 0.4) is 0 Å². The summed E-state index contributed by atoms with van der Waals surface area (Å²) < 4.78 is 4.87. The maximum atomic E-state index is 11.9. The monoisotopic (exact) mass is 297 g/mol. The van der Waals surface area contributed by atoms with E-state index in [1.54, 1.807) is 13.0 Å². The fraction of sp³-hybridized carbons (Fsp3) is 0.643. The van der Waals surface area contributed by atoms with Crippen molar-refractivity contribution in [3.8, 4) is 0 Å². The summed E-state index contributed by atoms with van der Waals surface area (Å²) in [5, 5.41) is 15.1. The van der Waals surface area contributed by atoms with Crippen molar-refractivity contribution in [2.75, 3.05) is 18.4 Å². The van der Waals surface area contributed by atoms with Crippen molar-refractivity contribution in [2.24, 2.45) is 0 Å². The average molecular weight is 297 g/mol. The molecule has 0 radical (unpaired) electrons. The predicted octanol–water partition coefficient (Wildman–Crippen LogP) is 1.89. The molecule has 0 spiro atoms. The quantitative estimate of drug-likeness (QED) is 0.798. The van der Waals surface area contributed by atoms with E-state index in [1.807, 2.05) is 25.7 Å². The number of nitrogens with one attached hydrogen (secondary N) is 1. The van der Waals surface area contributed by atoms with Gasteiger partial charge in [0.2, 0.25) is 5.91 Å². The number of anilines is 1. The van der Waals surface area contributed by atoms with Gasteiger partial charge in [-0.25, -0.2) is 0 Å². The SMILES string of the molecule is Cc1cc(NC(=O)CCN(CCC(=O)O)C(C)(C)C)no1. The number of aryl methyl sites for hydroxylation is 1. The Hall–Kier alpha value is -1.89. The molecular weight excluding hydrogens is 274 g/mol. The van der Waals surface area contributed by atoms with Crippen LogP contribution in [-0.2, 0) is 9.59 Å². The van der Waals surface area contributed by atoms with E-state index in [4.69, 9.17) is 9.63 Å². The maximum absolute atomic E-state index is 11.9. The molecule has 1 rings (SSSR count). The van der Waals surface area contributed by atoms with Gasteiger partial charge in [-0.3, -0.25) is 14.5 Å². The first-order valence-electron chi connectivity index (χ1n) is 6.88. The molecule has 0 fully saturated rings. The molecule has 1 amide bonds. The molecule has 1 aromatic rings. The van der Waals surface area contributed by atoms with Crippen LogP contribution in [0.4, 0.5) is 5.82 Å². The molecule has 0 aliphatic carbocycles. The second-order valence-corrected chi connectivity index (χ2v) is 5.92.